The van der Waals surface area contributed by atoms with Crippen LogP contribution in [0.1, 0.15) is 30.4 Å². The highest BCUT2D eigenvalue weighted by Crippen LogP contribution is 2.09. The molecule has 1 aliphatic heterocycles. The van der Waals surface area contributed by atoms with Gasteiger partial charge in [0.1, 0.15) is 0 Å². The van der Waals surface area contributed by atoms with Crippen molar-refractivity contribution in [3.63, 3.8) is 0 Å². The summed E-state index contributed by atoms with van der Waals surface area (Å²) in [7, 11) is 0. The maximum Gasteiger partial charge on any atom is 0.317 e. The third kappa shape index (κ3) is 4.24. The summed E-state index contributed by atoms with van der Waals surface area (Å²) < 4.78 is 0. The van der Waals surface area contributed by atoms with E-state index in [2.05, 4.69) is 29.6 Å². The zero-order valence-electron chi connectivity index (χ0n) is 11.4. The molecule has 0 unspecified atom stereocenters. The maximum absolute atomic E-state index is 11.9. The predicted molar refractivity (Wildman–Crippen MR) is 76.9 cm³/mol. The van der Waals surface area contributed by atoms with Gasteiger partial charge in [0.05, 0.1) is 0 Å². The Bertz CT molecular complexity index is 396. The molecule has 104 valence electrons. The topological polar surface area (TPSA) is 58.4 Å². The zero-order chi connectivity index (χ0) is 13.5. The van der Waals surface area contributed by atoms with Gasteiger partial charge in [-0.05, 0) is 43.4 Å². The molecule has 0 aliphatic carbocycles. The third-order valence-electron chi connectivity index (χ3n) is 3.54. The molecular formula is C15H23N3O. The fourth-order valence-corrected chi connectivity index (χ4v) is 2.38. The highest BCUT2D eigenvalue weighted by Gasteiger charge is 2.15. The number of urea groups is 1. The van der Waals surface area contributed by atoms with Crippen LogP contribution in [0.4, 0.5) is 4.79 Å². The van der Waals surface area contributed by atoms with Gasteiger partial charge >= 0.3 is 6.03 Å². The Morgan fingerprint density at radius 1 is 1.11 bits per heavy atom. The van der Waals surface area contributed by atoms with Gasteiger partial charge in [-0.3, -0.25) is 0 Å². The van der Waals surface area contributed by atoms with E-state index < -0.39 is 0 Å². The molecule has 19 heavy (non-hydrogen) atoms. The van der Waals surface area contributed by atoms with E-state index in [0.29, 0.717) is 13.1 Å². The minimum Gasteiger partial charge on any atom is -0.334 e. The summed E-state index contributed by atoms with van der Waals surface area (Å²) in [6.45, 7) is 3.05. The molecule has 2 rings (SSSR count). The van der Waals surface area contributed by atoms with E-state index in [1.807, 2.05) is 4.90 Å². The lowest BCUT2D eigenvalue weighted by molar-refractivity contribution is 0.186. The maximum atomic E-state index is 11.9. The van der Waals surface area contributed by atoms with Crippen molar-refractivity contribution < 1.29 is 4.79 Å². The first kappa shape index (κ1) is 13.9. The second kappa shape index (κ2) is 7.14. The predicted octanol–water partition coefficient (Wildman–Crippen LogP) is 1.88. The number of amides is 2. The summed E-state index contributed by atoms with van der Waals surface area (Å²) in [5.41, 5.74) is 7.89. The highest BCUT2D eigenvalue weighted by molar-refractivity contribution is 5.74. The molecule has 1 heterocycles. The normalized spacial score (nSPS) is 15.3. The summed E-state index contributed by atoms with van der Waals surface area (Å²) in [4.78, 5) is 13.8. The summed E-state index contributed by atoms with van der Waals surface area (Å²) in [5.74, 6) is 0. The van der Waals surface area contributed by atoms with Crippen LogP contribution in [-0.4, -0.2) is 30.6 Å². The van der Waals surface area contributed by atoms with Crippen LogP contribution in [0.25, 0.3) is 0 Å². The minimum atomic E-state index is 0.0609. The zero-order valence-corrected chi connectivity index (χ0v) is 11.4. The summed E-state index contributed by atoms with van der Waals surface area (Å²) in [6.07, 6.45) is 4.40. The molecule has 0 aromatic heterocycles. The molecule has 2 amide bonds. The Balaban J connectivity index is 1.79. The van der Waals surface area contributed by atoms with Crippen LogP contribution in [0.3, 0.4) is 0 Å². The summed E-state index contributed by atoms with van der Waals surface area (Å²) in [5, 5.41) is 2.98. The number of nitrogens with two attached hydrogens (primary N) is 1. The molecule has 1 fully saturated rings. The molecule has 0 spiro atoms. The lowest BCUT2D eigenvalue weighted by atomic mass is 10.1. The van der Waals surface area contributed by atoms with Crippen molar-refractivity contribution in [2.45, 2.75) is 32.2 Å². The molecule has 0 saturated carbocycles. The second-order valence-electron chi connectivity index (χ2n) is 5.06. The van der Waals surface area contributed by atoms with Crippen LogP contribution in [-0.2, 0) is 13.0 Å². The standard InChI is InChI=1S/C15H23N3O/c16-9-8-13-4-6-14(7-5-13)12-17-15(19)18-10-2-1-3-11-18/h4-7H,1-3,8-12,16H2,(H,17,19). The van der Waals surface area contributed by atoms with Gasteiger partial charge in [0.2, 0.25) is 0 Å². The molecule has 1 aromatic rings. The Morgan fingerprint density at radius 3 is 2.37 bits per heavy atom. The Morgan fingerprint density at radius 2 is 1.74 bits per heavy atom. The number of piperidine rings is 1. The molecule has 4 heteroatoms. The Kier molecular flexibility index (Phi) is 5.21. The van der Waals surface area contributed by atoms with Gasteiger partial charge in [-0.25, -0.2) is 4.79 Å². The molecule has 0 atom stereocenters. The molecule has 1 aliphatic rings. The van der Waals surface area contributed by atoms with Crippen LogP contribution in [0, 0.1) is 0 Å². The minimum absolute atomic E-state index is 0.0609. The smallest absolute Gasteiger partial charge is 0.317 e. The first-order valence-corrected chi connectivity index (χ1v) is 7.10. The van der Waals surface area contributed by atoms with Crippen molar-refractivity contribution in [1.82, 2.24) is 10.2 Å². The van der Waals surface area contributed by atoms with Gasteiger partial charge in [0.15, 0.2) is 0 Å². The van der Waals surface area contributed by atoms with Crippen LogP contribution in [0.5, 0.6) is 0 Å². The van der Waals surface area contributed by atoms with Crippen molar-refractivity contribution in [3.05, 3.63) is 35.4 Å². The lowest BCUT2D eigenvalue weighted by Gasteiger charge is -2.26. The van der Waals surface area contributed by atoms with E-state index >= 15 is 0 Å². The number of carbonyl (C=O) groups excluding carboxylic acids is 1. The van der Waals surface area contributed by atoms with E-state index in [0.717, 1.165) is 37.9 Å². The van der Waals surface area contributed by atoms with Gasteiger partial charge in [0, 0.05) is 19.6 Å². The monoisotopic (exact) mass is 261 g/mol. The van der Waals surface area contributed by atoms with Crippen LogP contribution >= 0.6 is 0 Å². The number of nitrogens with one attached hydrogen (secondary N) is 1. The fraction of sp³-hybridized carbons (Fsp3) is 0.533. The van der Waals surface area contributed by atoms with E-state index in [1.54, 1.807) is 0 Å². The highest BCUT2D eigenvalue weighted by atomic mass is 16.2. The average molecular weight is 261 g/mol. The Labute approximate surface area is 115 Å². The quantitative estimate of drug-likeness (QED) is 0.869. The SMILES string of the molecule is NCCc1ccc(CNC(=O)N2CCCCC2)cc1. The molecule has 0 radical (unpaired) electrons. The van der Waals surface area contributed by atoms with Crippen LogP contribution in [0.15, 0.2) is 24.3 Å². The van der Waals surface area contributed by atoms with Crippen molar-refractivity contribution in [2.24, 2.45) is 5.73 Å². The van der Waals surface area contributed by atoms with E-state index in [4.69, 9.17) is 5.73 Å². The number of nitrogens with zero attached hydrogens (tertiary/aromatic N) is 1. The van der Waals surface area contributed by atoms with Crippen LogP contribution in [0.2, 0.25) is 0 Å². The van der Waals surface area contributed by atoms with Crippen molar-refractivity contribution in [2.75, 3.05) is 19.6 Å². The number of likely N-dealkylation sites (tertiary alicyclic amines) is 1. The first-order valence-electron chi connectivity index (χ1n) is 7.10. The van der Waals surface area contributed by atoms with Crippen molar-refractivity contribution in [1.29, 1.82) is 0 Å². The lowest BCUT2D eigenvalue weighted by Crippen LogP contribution is -2.42. The average Bonchev–Trinajstić information content (AvgIpc) is 2.47. The molecule has 0 bridgehead atoms. The molecule has 4 nitrogen and oxygen atoms in total. The third-order valence-corrected chi connectivity index (χ3v) is 3.54. The van der Waals surface area contributed by atoms with E-state index in [9.17, 15) is 4.79 Å². The number of hydrogen-bond donors (Lipinski definition) is 2. The van der Waals surface area contributed by atoms with E-state index in [1.165, 1.54) is 12.0 Å². The molecule has 1 saturated heterocycles. The first-order chi connectivity index (χ1) is 9.29. The van der Waals surface area contributed by atoms with Gasteiger partial charge < -0.3 is 16.0 Å². The number of benzene rings is 1. The van der Waals surface area contributed by atoms with Gasteiger partial charge in [-0.15, -0.1) is 0 Å². The number of hydrogen-bond acceptors (Lipinski definition) is 2. The van der Waals surface area contributed by atoms with Gasteiger partial charge in [0.25, 0.3) is 0 Å². The van der Waals surface area contributed by atoms with E-state index in [-0.39, 0.29) is 6.03 Å². The molecular weight excluding hydrogens is 238 g/mol. The van der Waals surface area contributed by atoms with Gasteiger partial charge in [-0.2, -0.15) is 0 Å². The van der Waals surface area contributed by atoms with Gasteiger partial charge in [-0.1, -0.05) is 24.3 Å². The largest absolute Gasteiger partial charge is 0.334 e. The summed E-state index contributed by atoms with van der Waals surface area (Å²) >= 11 is 0. The van der Waals surface area contributed by atoms with Crippen molar-refractivity contribution >= 4 is 6.03 Å². The fourth-order valence-electron chi connectivity index (χ4n) is 2.38. The molecule has 3 N–H and O–H groups in total. The Hall–Kier alpha value is -1.55. The summed E-state index contributed by atoms with van der Waals surface area (Å²) in [6, 6.07) is 8.33. The molecule has 1 aromatic carbocycles. The van der Waals surface area contributed by atoms with Crippen molar-refractivity contribution in [3.8, 4) is 0 Å². The van der Waals surface area contributed by atoms with Crippen LogP contribution < -0.4 is 11.1 Å². The number of carbonyl (C=O) groups is 1. The second-order valence-corrected chi connectivity index (χ2v) is 5.06. The number of rotatable bonds is 4.